The van der Waals surface area contributed by atoms with E-state index in [0.29, 0.717) is 0 Å². The summed E-state index contributed by atoms with van der Waals surface area (Å²) in [6.07, 6.45) is -0.369. The molecule has 0 bridgehead atoms. The maximum Gasteiger partial charge on any atom is 0.322 e. The van der Waals surface area contributed by atoms with E-state index >= 15 is 0 Å². The Kier molecular flexibility index (Phi) is 6.19. The Balaban J connectivity index is 2.21. The Morgan fingerprint density at radius 3 is 2.26 bits per heavy atom. The lowest BCUT2D eigenvalue weighted by molar-refractivity contribution is -0.149. The standard InChI is InChI=1S/C18H20FNO2S/c1-12(20)18(21)22-13(2)17(14-6-4-3-5-7-14)23-16-10-8-15(19)9-11-16/h3-13,17H,20H2,1-2H3/t12-,13-,17-/m0/s1. The van der Waals surface area contributed by atoms with Gasteiger partial charge in [0.15, 0.2) is 0 Å². The van der Waals surface area contributed by atoms with E-state index < -0.39 is 12.0 Å². The Hall–Kier alpha value is -1.85. The van der Waals surface area contributed by atoms with Gasteiger partial charge in [-0.15, -0.1) is 11.8 Å². The Morgan fingerprint density at radius 1 is 1.09 bits per heavy atom. The summed E-state index contributed by atoms with van der Waals surface area (Å²) < 4.78 is 18.5. The van der Waals surface area contributed by atoms with Crippen LogP contribution >= 0.6 is 11.8 Å². The fourth-order valence-electron chi connectivity index (χ4n) is 2.09. The van der Waals surface area contributed by atoms with Crippen LogP contribution in [0.5, 0.6) is 0 Å². The van der Waals surface area contributed by atoms with Crippen molar-refractivity contribution in [3.63, 3.8) is 0 Å². The van der Waals surface area contributed by atoms with E-state index in [0.717, 1.165) is 10.5 Å². The molecule has 2 N–H and O–H groups in total. The first-order valence-corrected chi connectivity index (χ1v) is 8.28. The van der Waals surface area contributed by atoms with Crippen LogP contribution in [0, 0.1) is 5.82 Å². The fraction of sp³-hybridized carbons (Fsp3) is 0.278. The van der Waals surface area contributed by atoms with Crippen molar-refractivity contribution < 1.29 is 13.9 Å². The molecule has 0 fully saturated rings. The number of carbonyl (C=O) groups is 1. The van der Waals surface area contributed by atoms with Crippen molar-refractivity contribution >= 4 is 17.7 Å². The Labute approximate surface area is 140 Å². The molecule has 3 nitrogen and oxygen atoms in total. The van der Waals surface area contributed by atoms with E-state index in [1.807, 2.05) is 37.3 Å². The van der Waals surface area contributed by atoms with Crippen LogP contribution in [0.2, 0.25) is 0 Å². The van der Waals surface area contributed by atoms with Gasteiger partial charge in [0.1, 0.15) is 18.0 Å². The molecule has 0 aromatic heterocycles. The number of thioether (sulfide) groups is 1. The average Bonchev–Trinajstić information content (AvgIpc) is 2.54. The summed E-state index contributed by atoms with van der Waals surface area (Å²) in [6.45, 7) is 3.44. The van der Waals surface area contributed by atoms with Gasteiger partial charge in [0, 0.05) is 4.90 Å². The molecule has 2 rings (SSSR count). The van der Waals surface area contributed by atoms with Crippen molar-refractivity contribution in [2.75, 3.05) is 0 Å². The summed E-state index contributed by atoms with van der Waals surface area (Å²) in [4.78, 5) is 12.7. The van der Waals surface area contributed by atoms with Crippen LogP contribution in [0.4, 0.5) is 4.39 Å². The highest BCUT2D eigenvalue weighted by atomic mass is 32.2. The number of ether oxygens (including phenoxy) is 1. The molecule has 0 spiro atoms. The highest BCUT2D eigenvalue weighted by Gasteiger charge is 2.25. The number of hydrogen-bond donors (Lipinski definition) is 1. The minimum atomic E-state index is -0.662. The lowest BCUT2D eigenvalue weighted by Gasteiger charge is -2.25. The van der Waals surface area contributed by atoms with Crippen molar-refractivity contribution in [1.82, 2.24) is 0 Å². The molecular weight excluding hydrogens is 313 g/mol. The van der Waals surface area contributed by atoms with E-state index in [9.17, 15) is 9.18 Å². The summed E-state index contributed by atoms with van der Waals surface area (Å²) in [5, 5.41) is -0.107. The predicted molar refractivity (Wildman–Crippen MR) is 90.6 cm³/mol. The first-order valence-electron chi connectivity index (χ1n) is 7.40. The molecule has 0 radical (unpaired) electrons. The SMILES string of the molecule is C[C@H](N)C(=O)O[C@@H](C)[C@H](Sc1ccc(F)cc1)c1ccccc1. The number of hydrogen-bond acceptors (Lipinski definition) is 4. The van der Waals surface area contributed by atoms with Gasteiger partial charge in [0.25, 0.3) is 0 Å². The van der Waals surface area contributed by atoms with Crippen molar-refractivity contribution in [2.45, 2.75) is 36.1 Å². The summed E-state index contributed by atoms with van der Waals surface area (Å²) in [6, 6.07) is 15.4. The zero-order valence-corrected chi connectivity index (χ0v) is 13.9. The van der Waals surface area contributed by atoms with Crippen LogP contribution in [0.3, 0.4) is 0 Å². The Morgan fingerprint density at radius 2 is 1.70 bits per heavy atom. The largest absolute Gasteiger partial charge is 0.460 e. The molecule has 5 heteroatoms. The molecule has 0 saturated carbocycles. The van der Waals surface area contributed by atoms with Crippen LogP contribution in [-0.4, -0.2) is 18.1 Å². The maximum absolute atomic E-state index is 13.1. The average molecular weight is 333 g/mol. The molecule has 122 valence electrons. The van der Waals surface area contributed by atoms with Gasteiger partial charge in [0.2, 0.25) is 0 Å². The van der Waals surface area contributed by atoms with Gasteiger partial charge in [-0.05, 0) is 43.7 Å². The molecule has 0 aliphatic rings. The number of rotatable bonds is 6. The van der Waals surface area contributed by atoms with E-state index in [4.69, 9.17) is 10.5 Å². The van der Waals surface area contributed by atoms with Crippen LogP contribution in [-0.2, 0) is 9.53 Å². The molecule has 2 aromatic rings. The second kappa shape index (κ2) is 8.13. The summed E-state index contributed by atoms with van der Waals surface area (Å²) in [5.74, 6) is -0.708. The molecule has 0 amide bonds. The second-order valence-corrected chi connectivity index (χ2v) is 6.55. The summed E-state index contributed by atoms with van der Waals surface area (Å²) in [5.41, 5.74) is 6.60. The minimum Gasteiger partial charge on any atom is -0.460 e. The van der Waals surface area contributed by atoms with Gasteiger partial charge in [-0.25, -0.2) is 4.39 Å². The van der Waals surface area contributed by atoms with E-state index in [-0.39, 0.29) is 17.2 Å². The molecule has 0 unspecified atom stereocenters. The molecule has 0 aliphatic heterocycles. The zero-order valence-electron chi connectivity index (χ0n) is 13.1. The summed E-state index contributed by atoms with van der Waals surface area (Å²) >= 11 is 1.53. The van der Waals surface area contributed by atoms with Crippen molar-refractivity contribution in [1.29, 1.82) is 0 Å². The third-order valence-electron chi connectivity index (χ3n) is 3.30. The number of halogens is 1. The third-order valence-corrected chi connectivity index (χ3v) is 4.76. The smallest absolute Gasteiger partial charge is 0.322 e. The molecule has 2 aromatic carbocycles. The van der Waals surface area contributed by atoms with Gasteiger partial charge in [-0.2, -0.15) is 0 Å². The topological polar surface area (TPSA) is 52.3 Å². The van der Waals surface area contributed by atoms with Crippen molar-refractivity contribution in [2.24, 2.45) is 5.73 Å². The van der Waals surface area contributed by atoms with E-state index in [2.05, 4.69) is 0 Å². The Bertz CT molecular complexity index is 631. The van der Waals surface area contributed by atoms with Crippen LogP contribution < -0.4 is 5.73 Å². The predicted octanol–water partition coefficient (Wildman–Crippen LogP) is 3.94. The lowest BCUT2D eigenvalue weighted by Crippen LogP contribution is -2.33. The van der Waals surface area contributed by atoms with E-state index in [1.165, 1.54) is 23.9 Å². The van der Waals surface area contributed by atoms with E-state index in [1.54, 1.807) is 19.1 Å². The molecule has 0 aliphatic carbocycles. The molecular formula is C18H20FNO2S. The van der Waals surface area contributed by atoms with Crippen molar-refractivity contribution in [3.05, 3.63) is 66.0 Å². The number of esters is 1. The zero-order chi connectivity index (χ0) is 16.8. The van der Waals surface area contributed by atoms with Crippen LogP contribution in [0.1, 0.15) is 24.7 Å². The monoisotopic (exact) mass is 333 g/mol. The highest BCUT2D eigenvalue weighted by molar-refractivity contribution is 7.99. The normalized spacial score (nSPS) is 14.8. The highest BCUT2D eigenvalue weighted by Crippen LogP contribution is 2.39. The molecule has 0 saturated heterocycles. The van der Waals surface area contributed by atoms with Gasteiger partial charge < -0.3 is 10.5 Å². The molecule has 3 atom stereocenters. The number of nitrogens with two attached hydrogens (primary N) is 1. The first-order chi connectivity index (χ1) is 11.0. The van der Waals surface area contributed by atoms with Gasteiger partial charge in [-0.1, -0.05) is 30.3 Å². The second-order valence-electron chi connectivity index (χ2n) is 5.33. The number of benzene rings is 2. The fourth-order valence-corrected chi connectivity index (χ4v) is 3.22. The van der Waals surface area contributed by atoms with Gasteiger partial charge in [0.05, 0.1) is 5.25 Å². The van der Waals surface area contributed by atoms with Crippen molar-refractivity contribution in [3.8, 4) is 0 Å². The van der Waals surface area contributed by atoms with Crippen LogP contribution in [0.25, 0.3) is 0 Å². The third kappa shape index (κ3) is 5.08. The number of carbonyl (C=O) groups excluding carboxylic acids is 1. The minimum absolute atomic E-state index is 0.107. The molecule has 0 heterocycles. The van der Waals surface area contributed by atoms with Gasteiger partial charge >= 0.3 is 5.97 Å². The quantitative estimate of drug-likeness (QED) is 0.643. The van der Waals surface area contributed by atoms with Gasteiger partial charge in [-0.3, -0.25) is 4.79 Å². The van der Waals surface area contributed by atoms with Crippen LogP contribution in [0.15, 0.2) is 59.5 Å². The summed E-state index contributed by atoms with van der Waals surface area (Å²) in [7, 11) is 0. The first kappa shape index (κ1) is 17.5. The lowest BCUT2D eigenvalue weighted by atomic mass is 10.1. The molecule has 23 heavy (non-hydrogen) atoms. The maximum atomic E-state index is 13.1.